The van der Waals surface area contributed by atoms with Gasteiger partial charge in [0.1, 0.15) is 0 Å². The molecule has 0 saturated heterocycles. The summed E-state index contributed by atoms with van der Waals surface area (Å²) >= 11 is 0. The fourth-order valence-corrected chi connectivity index (χ4v) is 1.38. The van der Waals surface area contributed by atoms with Gasteiger partial charge in [-0.25, -0.2) is 5.41 Å². The number of hydrogen-bond acceptors (Lipinski definition) is 2. The molecule has 0 aliphatic heterocycles. The molecule has 0 radical (unpaired) electrons. The molecule has 0 aliphatic carbocycles. The summed E-state index contributed by atoms with van der Waals surface area (Å²) in [5.41, 5.74) is 2.15. The topological polar surface area (TPSA) is 36.2 Å². The molecule has 0 aliphatic rings. The molecule has 1 rings (SSSR count). The number of nitrogens with one attached hydrogen (secondary N) is 1. The lowest BCUT2D eigenvalue weighted by molar-refractivity contribution is 0.717. The van der Waals surface area contributed by atoms with Crippen molar-refractivity contribution in [1.29, 1.82) is 5.41 Å². The van der Waals surface area contributed by atoms with Gasteiger partial charge >= 0.3 is 0 Å². The molecule has 0 saturated carbocycles. The highest BCUT2D eigenvalue weighted by Crippen LogP contribution is 2.13. The van der Waals surface area contributed by atoms with Gasteiger partial charge in [-0.1, -0.05) is 31.9 Å². The van der Waals surface area contributed by atoms with Crippen molar-refractivity contribution < 1.29 is 0 Å². The third kappa shape index (κ3) is 3.55. The quantitative estimate of drug-likeness (QED) is 0.539. The maximum atomic E-state index is 6.71. The van der Waals surface area contributed by atoms with E-state index in [-0.39, 0.29) is 0 Å². The zero-order chi connectivity index (χ0) is 10.2. The average Bonchev–Trinajstić information content (AvgIpc) is 2.21. The number of aryl methyl sites for hydroxylation is 1. The largest absolute Gasteiger partial charge is 0.241 e. The third-order valence-corrected chi connectivity index (χ3v) is 2.19. The Bertz CT molecular complexity index is 308. The molecule has 0 amide bonds. The van der Waals surface area contributed by atoms with E-state index in [1.165, 1.54) is 24.8 Å². The van der Waals surface area contributed by atoms with Gasteiger partial charge in [-0.3, -0.25) is 0 Å². The highest BCUT2D eigenvalue weighted by molar-refractivity contribution is 5.50. The van der Waals surface area contributed by atoms with Crippen LogP contribution in [0.2, 0.25) is 0 Å². The molecule has 0 bridgehead atoms. The van der Waals surface area contributed by atoms with E-state index in [1.807, 2.05) is 18.1 Å². The van der Waals surface area contributed by atoms with E-state index in [9.17, 15) is 0 Å². The van der Waals surface area contributed by atoms with Crippen molar-refractivity contribution in [2.24, 2.45) is 4.99 Å². The first-order valence-electron chi connectivity index (χ1n) is 5.08. The molecule has 0 fully saturated rings. The van der Waals surface area contributed by atoms with Crippen LogP contribution in [0.5, 0.6) is 0 Å². The Kier molecular flexibility index (Phi) is 4.66. The van der Waals surface area contributed by atoms with Gasteiger partial charge in [-0.15, -0.1) is 0 Å². The number of benzene rings is 1. The molecule has 2 nitrogen and oxygen atoms in total. The highest BCUT2D eigenvalue weighted by Gasteiger charge is 1.93. The van der Waals surface area contributed by atoms with Crippen LogP contribution in [0.15, 0.2) is 29.3 Å². The molecule has 0 aromatic heterocycles. The molecule has 1 N–H and O–H groups in total. The summed E-state index contributed by atoms with van der Waals surface area (Å²) in [5, 5.41) is 6.71. The van der Waals surface area contributed by atoms with Gasteiger partial charge in [0, 0.05) is 0 Å². The molecule has 1 aromatic carbocycles. The number of hydrogen-bond donors (Lipinski definition) is 1. The van der Waals surface area contributed by atoms with Gasteiger partial charge in [0.2, 0.25) is 0 Å². The van der Waals surface area contributed by atoms with E-state index in [4.69, 9.17) is 5.41 Å². The van der Waals surface area contributed by atoms with Crippen molar-refractivity contribution in [3.05, 3.63) is 29.8 Å². The zero-order valence-corrected chi connectivity index (χ0v) is 8.59. The Labute approximate surface area is 85.2 Å². The van der Waals surface area contributed by atoms with E-state index in [1.54, 1.807) is 0 Å². The summed E-state index contributed by atoms with van der Waals surface area (Å²) in [7, 11) is 0. The molecule has 2 heteroatoms. The lowest BCUT2D eigenvalue weighted by Gasteiger charge is -2.00. The summed E-state index contributed by atoms with van der Waals surface area (Å²) in [4.78, 5) is 3.76. The van der Waals surface area contributed by atoms with E-state index in [2.05, 4.69) is 24.0 Å². The van der Waals surface area contributed by atoms with Crippen LogP contribution in [0.1, 0.15) is 31.7 Å². The molecule has 1 aromatic rings. The Morgan fingerprint density at radius 3 is 2.50 bits per heavy atom. The Morgan fingerprint density at radius 2 is 1.93 bits per heavy atom. The first-order valence-corrected chi connectivity index (χ1v) is 5.08. The lowest BCUT2D eigenvalue weighted by atomic mass is 10.1. The lowest BCUT2D eigenvalue weighted by Crippen LogP contribution is -1.83. The van der Waals surface area contributed by atoms with Crippen LogP contribution >= 0.6 is 0 Å². The Balaban J connectivity index is 2.50. The summed E-state index contributed by atoms with van der Waals surface area (Å²) in [6.45, 7) is 2.21. The highest BCUT2D eigenvalue weighted by atomic mass is 14.7. The van der Waals surface area contributed by atoms with Crippen molar-refractivity contribution in [3.8, 4) is 0 Å². The molecular weight excluding hydrogens is 172 g/mol. The van der Waals surface area contributed by atoms with Gasteiger partial charge in [0.15, 0.2) is 0 Å². The van der Waals surface area contributed by atoms with Crippen LogP contribution in [0.25, 0.3) is 0 Å². The zero-order valence-electron chi connectivity index (χ0n) is 8.59. The van der Waals surface area contributed by atoms with Gasteiger partial charge in [-0.05, 0) is 30.5 Å². The predicted molar refractivity (Wildman–Crippen MR) is 59.5 cm³/mol. The fraction of sp³-hybridized carbons (Fsp3) is 0.417. The number of aliphatic imine (C=N–C) groups is 1. The van der Waals surface area contributed by atoms with Crippen molar-refractivity contribution >= 4 is 11.7 Å². The summed E-state index contributed by atoms with van der Waals surface area (Å²) < 4.78 is 0. The minimum atomic E-state index is 0.805. The maximum absolute atomic E-state index is 6.71. The first kappa shape index (κ1) is 10.7. The second kappa shape index (κ2) is 6.11. The summed E-state index contributed by atoms with van der Waals surface area (Å²) in [6.07, 6.45) is 4.95. The standard InChI is InChI=1S/C12H16N2/c1-2-3-4-5-11-6-8-12(9-7-11)14-10-13/h6-9,13H,2-5H2,1H3. The van der Waals surface area contributed by atoms with E-state index >= 15 is 0 Å². The average molecular weight is 188 g/mol. The molecule has 0 unspecified atom stereocenters. The van der Waals surface area contributed by atoms with Crippen LogP contribution in [-0.2, 0) is 6.42 Å². The van der Waals surface area contributed by atoms with Gasteiger partial charge in [-0.2, -0.15) is 4.99 Å². The van der Waals surface area contributed by atoms with Gasteiger partial charge in [0.25, 0.3) is 0 Å². The second-order valence-electron chi connectivity index (χ2n) is 3.35. The van der Waals surface area contributed by atoms with Crippen LogP contribution in [0, 0.1) is 5.41 Å². The SMILES string of the molecule is CCCCCc1ccc(N=C=N)cc1. The number of nitrogens with zero attached hydrogens (tertiary/aromatic N) is 1. The third-order valence-electron chi connectivity index (χ3n) is 2.19. The van der Waals surface area contributed by atoms with Crippen LogP contribution in [0.3, 0.4) is 0 Å². The predicted octanol–water partition coefficient (Wildman–Crippen LogP) is 3.80. The minimum absolute atomic E-state index is 0.805. The summed E-state index contributed by atoms with van der Waals surface area (Å²) in [5.74, 6) is 0. The molecule has 14 heavy (non-hydrogen) atoms. The first-order chi connectivity index (χ1) is 6.86. The number of rotatable bonds is 5. The fourth-order valence-electron chi connectivity index (χ4n) is 1.38. The molecule has 0 heterocycles. The van der Waals surface area contributed by atoms with Crippen LogP contribution in [0.4, 0.5) is 5.69 Å². The van der Waals surface area contributed by atoms with Crippen molar-refractivity contribution in [3.63, 3.8) is 0 Å². The Morgan fingerprint density at radius 1 is 1.21 bits per heavy atom. The van der Waals surface area contributed by atoms with Crippen LogP contribution < -0.4 is 0 Å². The summed E-state index contributed by atoms with van der Waals surface area (Å²) in [6, 6.07) is 10.0. The Hall–Kier alpha value is -1.40. The van der Waals surface area contributed by atoms with Crippen molar-refractivity contribution in [2.45, 2.75) is 32.6 Å². The maximum Gasteiger partial charge on any atom is 0.0918 e. The monoisotopic (exact) mass is 188 g/mol. The second-order valence-corrected chi connectivity index (χ2v) is 3.35. The normalized spacial score (nSPS) is 9.50. The van der Waals surface area contributed by atoms with Crippen molar-refractivity contribution in [1.82, 2.24) is 0 Å². The smallest absolute Gasteiger partial charge is 0.0918 e. The molecule has 0 atom stereocenters. The minimum Gasteiger partial charge on any atom is -0.241 e. The van der Waals surface area contributed by atoms with Crippen LogP contribution in [-0.4, -0.2) is 6.01 Å². The number of unbranched alkanes of at least 4 members (excludes halogenated alkanes) is 2. The molecule has 0 spiro atoms. The van der Waals surface area contributed by atoms with Gasteiger partial charge < -0.3 is 0 Å². The van der Waals surface area contributed by atoms with E-state index < -0.39 is 0 Å². The van der Waals surface area contributed by atoms with Gasteiger partial charge in [0.05, 0.1) is 11.7 Å². The molecular formula is C12H16N2. The van der Waals surface area contributed by atoms with E-state index in [0.29, 0.717) is 0 Å². The van der Waals surface area contributed by atoms with Crippen molar-refractivity contribution in [2.75, 3.05) is 0 Å². The molecule has 74 valence electrons. The van der Waals surface area contributed by atoms with E-state index in [0.717, 1.165) is 12.1 Å².